The summed E-state index contributed by atoms with van der Waals surface area (Å²) in [6.07, 6.45) is 18.5. The van der Waals surface area contributed by atoms with Gasteiger partial charge in [-0.1, -0.05) is 81.1 Å². The molecule has 0 amide bonds. The third-order valence-electron chi connectivity index (χ3n) is 39.2. The van der Waals surface area contributed by atoms with Gasteiger partial charge in [0.15, 0.2) is 0 Å². The highest BCUT2D eigenvalue weighted by atomic mass is 32.2. The van der Waals surface area contributed by atoms with Gasteiger partial charge in [0.25, 0.3) is 40.8 Å². The maximum atomic E-state index is 13.4. The highest BCUT2D eigenvalue weighted by Gasteiger charge is 2.73. The zero-order chi connectivity index (χ0) is 101. The van der Waals surface area contributed by atoms with Crippen molar-refractivity contribution in [2.24, 2.45) is 139 Å². The molecule has 22 fully saturated rings. The molecule has 22 aliphatic rings. The summed E-state index contributed by atoms with van der Waals surface area (Å²) in [5.74, 6) is -2.04. The number of carbonyl (C=O) groups is 4. The third-order valence-corrected chi connectivity index (χ3v) is 46.9. The van der Waals surface area contributed by atoms with Crippen LogP contribution >= 0.6 is 0 Å². The van der Waals surface area contributed by atoms with Crippen molar-refractivity contribution in [3.63, 3.8) is 0 Å². The summed E-state index contributed by atoms with van der Waals surface area (Å²) in [5.41, 5.74) is 41.5. The molecule has 4 unspecified atom stereocenters. The lowest BCUT2D eigenvalue weighted by Gasteiger charge is -2.64. The van der Waals surface area contributed by atoms with Gasteiger partial charge >= 0.3 is 52.4 Å². The molecule has 20 N–H and O–H groups in total. The summed E-state index contributed by atoms with van der Waals surface area (Å²) in [7, 11) is -10.8. The summed E-state index contributed by atoms with van der Waals surface area (Å²) >= 11 is 0. The molecule has 22 rings (SSSR count). The predicted molar refractivity (Wildman–Crippen MR) is 516 cm³/mol. The first-order valence-electron chi connectivity index (χ1n) is 50.5. The molecule has 14 aliphatic carbocycles. The molecule has 8 aliphatic heterocycles. The zero-order valence-electron chi connectivity index (χ0n) is 84.2. The molecule has 0 aromatic heterocycles. The summed E-state index contributed by atoms with van der Waals surface area (Å²) < 4.78 is 165. The van der Waals surface area contributed by atoms with E-state index in [9.17, 15) is 73.3 Å². The van der Waals surface area contributed by atoms with E-state index < -0.39 is 116 Å². The van der Waals surface area contributed by atoms with Crippen LogP contribution in [0.1, 0.15) is 219 Å². The van der Waals surface area contributed by atoms with E-state index in [4.69, 9.17) is 83.1 Å². The second-order valence-electron chi connectivity index (χ2n) is 48.5. The molecule has 0 aromatic rings. The molecule has 28 atom stereocenters. The standard InChI is InChI=1S/C24H43BN4O6S.C22H39BN4O6S.C22H41BN4O6S.C21H39BN4O6S/c1-15(23(26)8-9-23)28(5)36(32,33)29-13-16(24(27,14-29)20(30)31)7-6-10-25-34-19-12-17-11-18(21(17,2)3)22(19,4)35-25;1-20(2)14-8-17(20)21(3)18(9-14)32-23(33-21)7-5-6-13-11-27(12-22(13,25)19(28)29)34(30,31)26(4)16-10-15(16)24;1-14(24)11-26(5)34(30,31)27-12-15(22(25,13-27)19(28)29)7-6-8-23-32-18-10-16-9-17(20(16,2)3)21(18,4)33-23;1-19(2)15-10-16(19)20(3)17(11-15)31-22(32-20)7-5-6-14-12-26(13-21(14,24)18(27)28)33(29,30)25(4)9-8-23/h15-19H,6-14,26-27H2,1-5H3,(H,30,31);13-18H,5-12,24-25H2,1-4H3,(H,28,29);14-18H,6-13,24-25H2,1-5H3,(H,28,29);14-17H,5-13,23-24H2,1-4H3,(H,27,28)/t15?,16-,17+,18+,19-,22+,24-;13-,14+,15?,16?,17+,18-,21+,22-;14?,15-,16+,17+,18-,21+,22-;14-,15+,16+,17-,20+,21-/m0000/s1. The summed E-state index contributed by atoms with van der Waals surface area (Å²) in [4.78, 5) is 48.3. The van der Waals surface area contributed by atoms with Crippen LogP contribution in [0.5, 0.6) is 0 Å². The number of nitrogens with two attached hydrogens (primary N) is 8. The highest BCUT2D eigenvalue weighted by molar-refractivity contribution is 7.87. The summed E-state index contributed by atoms with van der Waals surface area (Å²) in [6, 6.07) is -1.13. The largest absolute Gasteiger partial charge is 0.480 e. The molecule has 0 aromatic carbocycles. The normalized spacial score (nSPS) is 41.9. The van der Waals surface area contributed by atoms with Crippen LogP contribution < -0.4 is 45.9 Å². The molecule has 8 saturated heterocycles. The van der Waals surface area contributed by atoms with E-state index in [1.807, 2.05) is 0 Å². The fraction of sp³-hybridized carbons (Fsp3) is 0.955. The molecule has 8 heterocycles. The molecular weight excluding hydrogens is 1850 g/mol. The molecule has 137 heavy (non-hydrogen) atoms. The number of hydrogen-bond acceptors (Lipinski definition) is 28. The average molecular weight is 2010 g/mol. The second-order valence-corrected chi connectivity index (χ2v) is 56.5. The van der Waals surface area contributed by atoms with Crippen molar-refractivity contribution in [3.05, 3.63) is 0 Å². The van der Waals surface area contributed by atoms with Crippen LogP contribution in [0.4, 0.5) is 0 Å². The zero-order valence-corrected chi connectivity index (χ0v) is 87.4. The molecule has 40 nitrogen and oxygen atoms in total. The number of carboxylic acids is 4. The van der Waals surface area contributed by atoms with E-state index in [2.05, 4.69) is 83.1 Å². The van der Waals surface area contributed by atoms with E-state index >= 15 is 0 Å². The molecule has 778 valence electrons. The Morgan fingerprint density at radius 3 is 0.898 bits per heavy atom. The smallest absolute Gasteiger partial charge is 0.457 e. The van der Waals surface area contributed by atoms with Crippen LogP contribution in [0.25, 0.3) is 0 Å². The van der Waals surface area contributed by atoms with Crippen molar-refractivity contribution < 1.29 is 111 Å². The van der Waals surface area contributed by atoms with Gasteiger partial charge < -0.3 is 104 Å². The van der Waals surface area contributed by atoms with Crippen molar-refractivity contribution in [2.45, 2.75) is 343 Å². The van der Waals surface area contributed by atoms with Gasteiger partial charge in [-0.05, 0) is 232 Å². The van der Waals surface area contributed by atoms with Gasteiger partial charge in [-0.15, -0.1) is 0 Å². The van der Waals surface area contributed by atoms with Crippen LogP contribution in [0, 0.1) is 92.7 Å². The van der Waals surface area contributed by atoms with Crippen molar-refractivity contribution in [3.8, 4) is 0 Å². The highest BCUT2D eigenvalue weighted by Crippen LogP contribution is 2.70. The van der Waals surface area contributed by atoms with Crippen LogP contribution in [-0.4, -0.2) is 340 Å². The Bertz CT molecular complexity index is 5000. The molecule has 14 saturated carbocycles. The number of hydrogen-bond donors (Lipinski definition) is 12. The van der Waals surface area contributed by atoms with Gasteiger partial charge in [-0.25, -0.2) is 0 Å². The molecule has 0 spiro atoms. The van der Waals surface area contributed by atoms with Crippen LogP contribution in [0.3, 0.4) is 0 Å². The number of nitrogens with zero attached hydrogens (tertiary/aromatic N) is 8. The topological polar surface area (TPSA) is 594 Å². The summed E-state index contributed by atoms with van der Waals surface area (Å²) in [6.45, 7) is 30.6. The third kappa shape index (κ3) is 18.7. The molecule has 48 heteroatoms. The quantitative estimate of drug-likeness (QED) is 0.0406. The summed E-state index contributed by atoms with van der Waals surface area (Å²) in [5, 5.41) is 39.5. The lowest BCUT2D eigenvalue weighted by Crippen LogP contribution is -2.65. The number of aliphatic carboxylic acids is 4. The average Bonchev–Trinajstić information content (AvgIpc) is 1.55. The second kappa shape index (κ2) is 37.4. The van der Waals surface area contributed by atoms with Gasteiger partial charge in [0.2, 0.25) is 0 Å². The Kier molecular flexibility index (Phi) is 29.5. The first-order chi connectivity index (χ1) is 63.1. The van der Waals surface area contributed by atoms with E-state index in [-0.39, 0.29) is 193 Å². The van der Waals surface area contributed by atoms with Crippen molar-refractivity contribution >= 4 is 93.2 Å². The van der Waals surface area contributed by atoms with E-state index in [0.29, 0.717) is 130 Å². The van der Waals surface area contributed by atoms with E-state index in [1.165, 1.54) is 79.7 Å². The molecule has 0 radical (unpaired) electrons. The Labute approximate surface area is 814 Å². The van der Waals surface area contributed by atoms with Crippen LogP contribution in [0.15, 0.2) is 0 Å². The van der Waals surface area contributed by atoms with E-state index in [1.54, 1.807) is 13.8 Å². The number of rotatable bonds is 35. The lowest BCUT2D eigenvalue weighted by molar-refractivity contribution is -0.199. The van der Waals surface area contributed by atoms with Crippen LogP contribution in [-0.2, 0) is 97.3 Å². The first kappa shape index (κ1) is 108. The fourth-order valence-electron chi connectivity index (χ4n) is 28.5. The van der Waals surface area contributed by atoms with Gasteiger partial charge in [0.05, 0.1) is 46.8 Å². The lowest BCUT2D eigenvalue weighted by atomic mass is 9.43. The SMILES string of the molecule is CC(N(C)S(=O)(=O)N1C[C@H](CCCB2O[C@H]3C[C@H]4C[C@H](C4(C)C)[C@@]3(C)O2)[C@](N)(C(=O)O)C1)C1(N)CC1.CC(N)CN(C)S(=O)(=O)N1C[C@H](CCCB2O[C@H]3C[C@H]4C[C@H](C4(C)C)[C@@]3(C)O2)[C@](N)(C(=O)O)C1.CN(C1CC1N)S(=O)(=O)N1C[C@H](CCCB2O[C@H]3C[C@H]4C[C@H](C4(C)C)[C@@]3(C)O2)[C@](N)(C(=O)O)C1.CN(CCN)S(=O)(=O)N1C[C@H](CCCB2O[C@H]3C[C@H]4C[C@H](C4(C)C)[C@@]3(C)O2)[C@](N)(C(=O)O)C1. The van der Waals surface area contributed by atoms with Gasteiger partial charge in [0, 0.05) is 154 Å². The number of likely N-dealkylation sites (N-methyl/N-ethyl adjacent to an activating group) is 4. The van der Waals surface area contributed by atoms with Crippen LogP contribution in [0.2, 0.25) is 25.3 Å². The predicted octanol–water partition coefficient (Wildman–Crippen LogP) is 2.83. The van der Waals surface area contributed by atoms with Crippen molar-refractivity contribution in [2.75, 3.05) is 100 Å². The molecule has 8 bridgehead atoms. The number of carboxylic acid groups (broad SMARTS) is 4. The van der Waals surface area contributed by atoms with Crippen molar-refractivity contribution in [1.29, 1.82) is 0 Å². The Morgan fingerprint density at radius 2 is 0.664 bits per heavy atom. The Hall–Kier alpha value is -3.02. The minimum atomic E-state index is -3.90. The fourth-order valence-corrected chi connectivity index (χ4v) is 35.0. The molecular formula is C89H162B4N16O24S4. The first-order valence-corrected chi connectivity index (χ1v) is 56.1. The van der Waals surface area contributed by atoms with Gasteiger partial charge in [-0.2, -0.15) is 68.1 Å². The minimum absolute atomic E-state index is 0.0685. The van der Waals surface area contributed by atoms with E-state index in [0.717, 1.165) is 47.1 Å². The monoisotopic (exact) mass is 2010 g/mol. The van der Waals surface area contributed by atoms with Crippen molar-refractivity contribution in [1.82, 2.24) is 34.4 Å². The Balaban J connectivity index is 0.000000139. The minimum Gasteiger partial charge on any atom is -0.480 e. The Morgan fingerprint density at radius 1 is 0.409 bits per heavy atom. The maximum Gasteiger partial charge on any atom is 0.457 e. The van der Waals surface area contributed by atoms with Gasteiger partial charge in [-0.3, -0.25) is 19.2 Å². The maximum absolute atomic E-state index is 13.4. The van der Waals surface area contributed by atoms with Gasteiger partial charge in [0.1, 0.15) is 22.2 Å².